The number of rotatable bonds is 6. The van der Waals surface area contributed by atoms with Crippen molar-refractivity contribution >= 4 is 23.4 Å². The zero-order valence-corrected chi connectivity index (χ0v) is 17.7. The fraction of sp³-hybridized carbons (Fsp3) is 0.261. The van der Waals surface area contributed by atoms with Gasteiger partial charge in [-0.3, -0.25) is 9.79 Å². The van der Waals surface area contributed by atoms with Crippen molar-refractivity contribution in [2.45, 2.75) is 19.0 Å². The van der Waals surface area contributed by atoms with Crippen LogP contribution < -0.4 is 20.9 Å². The molecule has 0 radical (unpaired) electrons. The Morgan fingerprint density at radius 2 is 2.19 bits per heavy atom. The summed E-state index contributed by atoms with van der Waals surface area (Å²) in [5.74, 6) is 0.688. The molecule has 166 valence electrons. The number of hydrogen-bond acceptors (Lipinski definition) is 5. The number of carbonyl (C=O) groups excluding carboxylic acids is 1. The van der Waals surface area contributed by atoms with Gasteiger partial charge in [0, 0.05) is 44.6 Å². The minimum Gasteiger partial charge on any atom is -0.459 e. The van der Waals surface area contributed by atoms with E-state index >= 15 is 0 Å². The first-order valence-electron chi connectivity index (χ1n) is 10.4. The monoisotopic (exact) mass is 436 g/mol. The molecule has 4 rings (SSSR count). The number of guanidine groups is 1. The molecule has 0 saturated carbocycles. The summed E-state index contributed by atoms with van der Waals surface area (Å²) in [6.45, 7) is 1.89. The standard InChI is InChI=1S/C23H25FN6O2/c1-25-23(29-18-9-11-30(15-18)21-19(24)7-3-10-26-21)27-14-16-5-2-6-17(13-16)28-22(31)20-8-4-12-32-20/h2-8,10,12-13,18H,9,11,14-15H2,1H3,(H,28,31)(H2,25,27,29). The molecule has 2 aromatic heterocycles. The Morgan fingerprint density at radius 1 is 1.28 bits per heavy atom. The third-order valence-electron chi connectivity index (χ3n) is 5.18. The van der Waals surface area contributed by atoms with Crippen LogP contribution in [0.1, 0.15) is 22.5 Å². The van der Waals surface area contributed by atoms with E-state index in [0.29, 0.717) is 30.6 Å². The molecular weight excluding hydrogens is 411 g/mol. The molecule has 3 N–H and O–H groups in total. The van der Waals surface area contributed by atoms with E-state index in [1.54, 1.807) is 31.4 Å². The lowest BCUT2D eigenvalue weighted by Gasteiger charge is -2.20. The number of amides is 1. The van der Waals surface area contributed by atoms with Crippen molar-refractivity contribution in [2.24, 2.45) is 4.99 Å². The molecule has 0 bridgehead atoms. The van der Waals surface area contributed by atoms with Crippen LogP contribution in [0.3, 0.4) is 0 Å². The predicted molar refractivity (Wildman–Crippen MR) is 121 cm³/mol. The van der Waals surface area contributed by atoms with Gasteiger partial charge in [0.2, 0.25) is 0 Å². The van der Waals surface area contributed by atoms with E-state index in [4.69, 9.17) is 4.42 Å². The van der Waals surface area contributed by atoms with E-state index in [0.717, 1.165) is 18.5 Å². The van der Waals surface area contributed by atoms with Crippen LogP contribution in [0.25, 0.3) is 0 Å². The van der Waals surface area contributed by atoms with Gasteiger partial charge < -0.3 is 25.3 Å². The molecule has 0 spiro atoms. The highest BCUT2D eigenvalue weighted by molar-refractivity contribution is 6.02. The highest BCUT2D eigenvalue weighted by atomic mass is 19.1. The highest BCUT2D eigenvalue weighted by Gasteiger charge is 2.25. The third-order valence-corrected chi connectivity index (χ3v) is 5.18. The number of pyridine rings is 1. The van der Waals surface area contributed by atoms with Crippen LogP contribution in [-0.4, -0.2) is 43.0 Å². The van der Waals surface area contributed by atoms with Crippen molar-refractivity contribution in [1.29, 1.82) is 0 Å². The van der Waals surface area contributed by atoms with E-state index in [-0.39, 0.29) is 23.5 Å². The molecule has 1 saturated heterocycles. The fourth-order valence-electron chi connectivity index (χ4n) is 3.61. The van der Waals surface area contributed by atoms with Gasteiger partial charge >= 0.3 is 0 Å². The number of nitrogens with zero attached hydrogens (tertiary/aromatic N) is 3. The lowest BCUT2D eigenvalue weighted by Crippen LogP contribution is -2.44. The van der Waals surface area contributed by atoms with Crippen LogP contribution >= 0.6 is 0 Å². The zero-order valence-electron chi connectivity index (χ0n) is 17.7. The second kappa shape index (κ2) is 9.95. The summed E-state index contributed by atoms with van der Waals surface area (Å²) >= 11 is 0. The largest absolute Gasteiger partial charge is 0.459 e. The van der Waals surface area contributed by atoms with Crippen LogP contribution in [0.4, 0.5) is 15.9 Å². The van der Waals surface area contributed by atoms with Crippen LogP contribution in [-0.2, 0) is 6.54 Å². The van der Waals surface area contributed by atoms with E-state index in [9.17, 15) is 9.18 Å². The van der Waals surface area contributed by atoms with Gasteiger partial charge in [0.15, 0.2) is 23.4 Å². The molecule has 9 heteroatoms. The van der Waals surface area contributed by atoms with Crippen LogP contribution in [0.15, 0.2) is 70.4 Å². The van der Waals surface area contributed by atoms with Crippen molar-refractivity contribution in [1.82, 2.24) is 15.6 Å². The lowest BCUT2D eigenvalue weighted by atomic mass is 10.2. The maximum atomic E-state index is 14.0. The van der Waals surface area contributed by atoms with Gasteiger partial charge in [0.1, 0.15) is 0 Å². The number of hydrogen-bond donors (Lipinski definition) is 3. The molecule has 8 nitrogen and oxygen atoms in total. The van der Waals surface area contributed by atoms with Gasteiger partial charge in [-0.25, -0.2) is 9.37 Å². The Kier molecular flexibility index (Phi) is 6.64. The van der Waals surface area contributed by atoms with Crippen molar-refractivity contribution in [3.8, 4) is 0 Å². The third kappa shape index (κ3) is 5.23. The topological polar surface area (TPSA) is 94.8 Å². The molecule has 0 aliphatic carbocycles. The van der Waals surface area contributed by atoms with E-state index in [1.165, 1.54) is 12.3 Å². The first-order valence-corrected chi connectivity index (χ1v) is 10.4. The molecule has 32 heavy (non-hydrogen) atoms. The quantitative estimate of drug-likeness (QED) is 0.406. The number of benzene rings is 1. The lowest BCUT2D eigenvalue weighted by molar-refractivity contribution is 0.0996. The number of carbonyl (C=O) groups is 1. The van der Waals surface area contributed by atoms with Crippen molar-refractivity contribution < 1.29 is 13.6 Å². The summed E-state index contributed by atoms with van der Waals surface area (Å²) in [5.41, 5.74) is 1.66. The first kappa shape index (κ1) is 21.4. The van der Waals surface area contributed by atoms with Gasteiger partial charge in [-0.2, -0.15) is 0 Å². The van der Waals surface area contributed by atoms with Crippen molar-refractivity contribution in [3.63, 3.8) is 0 Å². The summed E-state index contributed by atoms with van der Waals surface area (Å²) < 4.78 is 19.1. The number of furan rings is 1. The Labute approximate surface area is 185 Å². The molecule has 1 fully saturated rings. The number of halogens is 1. The van der Waals surface area contributed by atoms with Crippen LogP contribution in [0.5, 0.6) is 0 Å². The summed E-state index contributed by atoms with van der Waals surface area (Å²) in [6.07, 6.45) is 3.92. The number of anilines is 2. The second-order valence-electron chi connectivity index (χ2n) is 7.44. The Bertz CT molecular complexity index is 1090. The molecule has 1 aromatic carbocycles. The fourth-order valence-corrected chi connectivity index (χ4v) is 3.61. The molecule has 1 aliphatic heterocycles. The van der Waals surface area contributed by atoms with Crippen LogP contribution in [0.2, 0.25) is 0 Å². The van der Waals surface area contributed by atoms with Gasteiger partial charge in [-0.1, -0.05) is 12.1 Å². The Balaban J connectivity index is 1.29. The van der Waals surface area contributed by atoms with E-state index < -0.39 is 0 Å². The van der Waals surface area contributed by atoms with Crippen molar-refractivity contribution in [3.05, 3.63) is 78.1 Å². The summed E-state index contributed by atoms with van der Waals surface area (Å²) in [6, 6.07) is 14.0. The maximum absolute atomic E-state index is 14.0. The smallest absolute Gasteiger partial charge is 0.291 e. The second-order valence-corrected chi connectivity index (χ2v) is 7.44. The number of nitrogens with one attached hydrogen (secondary N) is 3. The Morgan fingerprint density at radius 3 is 2.97 bits per heavy atom. The molecular formula is C23H25FN6O2. The molecule has 1 aliphatic rings. The van der Waals surface area contributed by atoms with Gasteiger partial charge in [-0.05, 0) is 48.4 Å². The van der Waals surface area contributed by atoms with Gasteiger partial charge in [0.05, 0.1) is 6.26 Å². The summed E-state index contributed by atoms with van der Waals surface area (Å²) in [7, 11) is 1.71. The molecule has 3 aromatic rings. The normalized spacial score (nSPS) is 16.1. The summed E-state index contributed by atoms with van der Waals surface area (Å²) in [4.78, 5) is 22.5. The molecule has 1 amide bonds. The maximum Gasteiger partial charge on any atom is 0.291 e. The molecule has 3 heterocycles. The molecule has 1 atom stereocenters. The first-order chi connectivity index (χ1) is 15.6. The van der Waals surface area contributed by atoms with E-state index in [1.807, 2.05) is 29.2 Å². The number of aliphatic imine (C=N–C) groups is 1. The summed E-state index contributed by atoms with van der Waals surface area (Å²) in [5, 5.41) is 9.49. The minimum absolute atomic E-state index is 0.126. The van der Waals surface area contributed by atoms with Gasteiger partial charge in [-0.15, -0.1) is 0 Å². The van der Waals surface area contributed by atoms with Crippen LogP contribution in [0, 0.1) is 5.82 Å². The van der Waals surface area contributed by atoms with Gasteiger partial charge in [0.25, 0.3) is 5.91 Å². The highest BCUT2D eigenvalue weighted by Crippen LogP contribution is 2.20. The van der Waals surface area contributed by atoms with E-state index in [2.05, 4.69) is 25.9 Å². The minimum atomic E-state index is -0.310. The SMILES string of the molecule is CN=C(NCc1cccc(NC(=O)c2ccco2)c1)NC1CCN(c2ncccc2F)C1. The number of aromatic nitrogens is 1. The Hall–Kier alpha value is -3.88. The average molecular weight is 436 g/mol. The zero-order chi connectivity index (χ0) is 22.3. The predicted octanol–water partition coefficient (Wildman–Crippen LogP) is 3.01. The van der Waals surface area contributed by atoms with Crippen molar-refractivity contribution in [2.75, 3.05) is 30.4 Å². The molecule has 1 unspecified atom stereocenters. The average Bonchev–Trinajstić information content (AvgIpc) is 3.50.